The van der Waals surface area contributed by atoms with Crippen molar-refractivity contribution < 1.29 is 0 Å². The first-order valence-electron chi connectivity index (χ1n) is 6.45. The van der Waals surface area contributed by atoms with Gasteiger partial charge < -0.3 is 5.32 Å². The van der Waals surface area contributed by atoms with E-state index in [4.69, 9.17) is 0 Å². The summed E-state index contributed by atoms with van der Waals surface area (Å²) < 4.78 is 3.91. The highest BCUT2D eigenvalue weighted by molar-refractivity contribution is 5.50. The van der Waals surface area contributed by atoms with E-state index in [1.165, 1.54) is 5.56 Å². The van der Waals surface area contributed by atoms with Crippen molar-refractivity contribution >= 4 is 11.5 Å². The van der Waals surface area contributed by atoms with Crippen molar-refractivity contribution in [1.82, 2.24) is 19.2 Å². The molecule has 3 rings (SSSR count). The lowest BCUT2D eigenvalue weighted by Crippen LogP contribution is -2.04. The number of hydrogen-bond acceptors (Lipinski definition) is 3. The molecule has 0 spiro atoms. The normalized spacial score (nSPS) is 11.1. The summed E-state index contributed by atoms with van der Waals surface area (Å²) in [6.45, 7) is 2.90. The maximum atomic E-state index is 4.45. The van der Waals surface area contributed by atoms with E-state index in [0.29, 0.717) is 0 Å². The standard InChI is InChI=1S/C14H17N5/c1-3-12-11(10-18(2)17-12)9-16-14-6-4-5-13-15-7-8-19(13)14/h4-8,10,16H,3,9H2,1-2H3. The molecule has 0 bridgehead atoms. The lowest BCUT2D eigenvalue weighted by atomic mass is 10.2. The lowest BCUT2D eigenvalue weighted by Gasteiger charge is -2.08. The van der Waals surface area contributed by atoms with Crippen molar-refractivity contribution in [1.29, 1.82) is 0 Å². The van der Waals surface area contributed by atoms with E-state index in [1.807, 2.05) is 40.7 Å². The molecule has 0 fully saturated rings. The molecule has 3 heterocycles. The van der Waals surface area contributed by atoms with E-state index in [9.17, 15) is 0 Å². The first-order valence-corrected chi connectivity index (χ1v) is 6.45. The number of aromatic nitrogens is 4. The number of nitrogens with one attached hydrogen (secondary N) is 1. The third kappa shape index (κ3) is 2.19. The summed E-state index contributed by atoms with van der Waals surface area (Å²) in [6, 6.07) is 6.05. The van der Waals surface area contributed by atoms with Crippen LogP contribution in [0, 0.1) is 0 Å². The van der Waals surface area contributed by atoms with Gasteiger partial charge in [-0.3, -0.25) is 9.08 Å². The Balaban J connectivity index is 1.84. The van der Waals surface area contributed by atoms with Crippen LogP contribution in [0.25, 0.3) is 5.65 Å². The predicted octanol–water partition coefficient (Wildman–Crippen LogP) is 2.24. The third-order valence-electron chi connectivity index (χ3n) is 3.21. The number of pyridine rings is 1. The van der Waals surface area contributed by atoms with Crippen LogP contribution in [0.4, 0.5) is 5.82 Å². The summed E-state index contributed by atoms with van der Waals surface area (Å²) in [5, 5.41) is 7.90. The maximum absolute atomic E-state index is 4.45. The van der Waals surface area contributed by atoms with Crippen LogP contribution in [0.5, 0.6) is 0 Å². The van der Waals surface area contributed by atoms with Crippen molar-refractivity contribution in [2.24, 2.45) is 7.05 Å². The Morgan fingerprint density at radius 2 is 2.21 bits per heavy atom. The number of anilines is 1. The van der Waals surface area contributed by atoms with Gasteiger partial charge in [-0.25, -0.2) is 4.98 Å². The second-order valence-electron chi connectivity index (χ2n) is 4.55. The Labute approximate surface area is 111 Å². The van der Waals surface area contributed by atoms with E-state index in [0.717, 1.165) is 30.1 Å². The Hall–Kier alpha value is -2.30. The van der Waals surface area contributed by atoms with Gasteiger partial charge in [0.15, 0.2) is 0 Å². The maximum Gasteiger partial charge on any atom is 0.138 e. The molecular formula is C14H17N5. The van der Waals surface area contributed by atoms with Crippen LogP contribution in [0.15, 0.2) is 36.8 Å². The van der Waals surface area contributed by atoms with Crippen molar-refractivity contribution in [3.8, 4) is 0 Å². The van der Waals surface area contributed by atoms with Crippen molar-refractivity contribution in [2.45, 2.75) is 19.9 Å². The van der Waals surface area contributed by atoms with Gasteiger partial charge in [0, 0.05) is 37.7 Å². The van der Waals surface area contributed by atoms with Crippen LogP contribution in [-0.4, -0.2) is 19.2 Å². The number of rotatable bonds is 4. The summed E-state index contributed by atoms with van der Waals surface area (Å²) in [5.41, 5.74) is 3.34. The SMILES string of the molecule is CCc1nn(C)cc1CNc1cccc2nccn12. The van der Waals surface area contributed by atoms with Gasteiger partial charge in [0.2, 0.25) is 0 Å². The highest BCUT2D eigenvalue weighted by Gasteiger charge is 2.06. The van der Waals surface area contributed by atoms with Crippen LogP contribution >= 0.6 is 0 Å². The molecule has 0 aliphatic rings. The number of hydrogen-bond donors (Lipinski definition) is 1. The number of nitrogens with zero attached hydrogens (tertiary/aromatic N) is 4. The van der Waals surface area contributed by atoms with Gasteiger partial charge in [0.25, 0.3) is 0 Å². The Morgan fingerprint density at radius 1 is 1.32 bits per heavy atom. The van der Waals surface area contributed by atoms with Crippen molar-refractivity contribution in [2.75, 3.05) is 5.32 Å². The zero-order chi connectivity index (χ0) is 13.2. The second-order valence-corrected chi connectivity index (χ2v) is 4.55. The van der Waals surface area contributed by atoms with E-state index >= 15 is 0 Å². The van der Waals surface area contributed by atoms with Crippen LogP contribution < -0.4 is 5.32 Å². The number of imidazole rings is 1. The van der Waals surface area contributed by atoms with E-state index in [1.54, 1.807) is 0 Å². The highest BCUT2D eigenvalue weighted by atomic mass is 15.3. The summed E-state index contributed by atoms with van der Waals surface area (Å²) in [4.78, 5) is 4.28. The highest BCUT2D eigenvalue weighted by Crippen LogP contribution is 2.14. The molecule has 1 N–H and O–H groups in total. The molecule has 19 heavy (non-hydrogen) atoms. The third-order valence-corrected chi connectivity index (χ3v) is 3.21. The van der Waals surface area contributed by atoms with E-state index in [-0.39, 0.29) is 0 Å². The minimum absolute atomic E-state index is 0.772. The average molecular weight is 255 g/mol. The fraction of sp³-hybridized carbons (Fsp3) is 0.286. The smallest absolute Gasteiger partial charge is 0.138 e. The fourth-order valence-electron chi connectivity index (χ4n) is 2.31. The van der Waals surface area contributed by atoms with Gasteiger partial charge in [0.1, 0.15) is 11.5 Å². The first kappa shape index (κ1) is 11.8. The summed E-state index contributed by atoms with van der Waals surface area (Å²) in [7, 11) is 1.96. The largest absolute Gasteiger partial charge is 0.367 e. The average Bonchev–Trinajstić information content (AvgIpc) is 3.02. The van der Waals surface area contributed by atoms with Crippen LogP contribution in [-0.2, 0) is 20.0 Å². The van der Waals surface area contributed by atoms with Gasteiger partial charge in [-0.2, -0.15) is 5.10 Å². The van der Waals surface area contributed by atoms with Gasteiger partial charge in [-0.15, -0.1) is 0 Å². The molecule has 5 heteroatoms. The zero-order valence-electron chi connectivity index (χ0n) is 11.2. The molecule has 3 aromatic heterocycles. The number of aryl methyl sites for hydroxylation is 2. The molecule has 0 radical (unpaired) electrons. The molecule has 0 aromatic carbocycles. The molecule has 0 saturated heterocycles. The lowest BCUT2D eigenvalue weighted by molar-refractivity contribution is 0.746. The Kier molecular flexibility index (Phi) is 2.95. The van der Waals surface area contributed by atoms with E-state index < -0.39 is 0 Å². The molecular weight excluding hydrogens is 238 g/mol. The molecule has 0 atom stereocenters. The fourth-order valence-corrected chi connectivity index (χ4v) is 2.31. The minimum atomic E-state index is 0.772. The molecule has 3 aromatic rings. The molecule has 0 aliphatic carbocycles. The topological polar surface area (TPSA) is 47.2 Å². The molecule has 0 amide bonds. The summed E-state index contributed by atoms with van der Waals surface area (Å²) >= 11 is 0. The molecule has 0 saturated carbocycles. The molecule has 0 aliphatic heterocycles. The van der Waals surface area contributed by atoms with Gasteiger partial charge >= 0.3 is 0 Å². The Bertz CT molecular complexity index is 695. The van der Waals surface area contributed by atoms with Gasteiger partial charge in [-0.05, 0) is 18.6 Å². The monoisotopic (exact) mass is 255 g/mol. The number of fused-ring (bicyclic) bond motifs is 1. The van der Waals surface area contributed by atoms with Gasteiger partial charge in [0.05, 0.1) is 5.69 Å². The molecule has 0 unspecified atom stereocenters. The van der Waals surface area contributed by atoms with Gasteiger partial charge in [-0.1, -0.05) is 13.0 Å². The summed E-state index contributed by atoms with van der Waals surface area (Å²) in [6.07, 6.45) is 6.79. The second kappa shape index (κ2) is 4.76. The summed E-state index contributed by atoms with van der Waals surface area (Å²) in [5.74, 6) is 1.04. The minimum Gasteiger partial charge on any atom is -0.367 e. The van der Waals surface area contributed by atoms with Crippen LogP contribution in [0.1, 0.15) is 18.2 Å². The zero-order valence-corrected chi connectivity index (χ0v) is 11.2. The molecule has 98 valence electrons. The van der Waals surface area contributed by atoms with Crippen LogP contribution in [0.3, 0.4) is 0 Å². The van der Waals surface area contributed by atoms with Crippen molar-refractivity contribution in [3.05, 3.63) is 48.0 Å². The Morgan fingerprint density at radius 3 is 3.05 bits per heavy atom. The van der Waals surface area contributed by atoms with Crippen molar-refractivity contribution in [3.63, 3.8) is 0 Å². The predicted molar refractivity (Wildman–Crippen MR) is 75.1 cm³/mol. The first-order chi connectivity index (χ1) is 9.28. The van der Waals surface area contributed by atoms with Crippen LogP contribution in [0.2, 0.25) is 0 Å². The van der Waals surface area contributed by atoms with E-state index in [2.05, 4.69) is 34.6 Å². The quantitative estimate of drug-likeness (QED) is 0.777. The molecule has 5 nitrogen and oxygen atoms in total.